The molecule has 0 aliphatic rings. The Hall–Kier alpha value is -1.79. The van der Waals surface area contributed by atoms with Gasteiger partial charge in [0.25, 0.3) is 0 Å². The third kappa shape index (κ3) is 5.61. The Labute approximate surface area is 122 Å². The Morgan fingerprint density at radius 1 is 1.33 bits per heavy atom. The van der Waals surface area contributed by atoms with E-state index in [-0.39, 0.29) is 6.42 Å². The molecule has 0 bridgehead atoms. The minimum absolute atomic E-state index is 0.160. The Kier molecular flexibility index (Phi) is 5.99. The molecule has 0 spiro atoms. The number of alkyl halides is 3. The molecule has 7 heteroatoms. The fourth-order valence-corrected chi connectivity index (χ4v) is 2.14. The summed E-state index contributed by atoms with van der Waals surface area (Å²) in [6.45, 7) is 2.31. The third-order valence-corrected chi connectivity index (χ3v) is 3.23. The number of nitrogen functional groups attached to an aromatic ring is 1. The zero-order chi connectivity index (χ0) is 16.0. The highest BCUT2D eigenvalue weighted by Crippen LogP contribution is 2.21. The molecular weight excluding hydrogens is 283 g/mol. The minimum atomic E-state index is -4.41. The predicted octanol–water partition coefficient (Wildman–Crippen LogP) is 2.79. The van der Waals surface area contributed by atoms with Gasteiger partial charge in [0.15, 0.2) is 0 Å². The number of hydrogen-bond acceptors (Lipinski definition) is 3. The number of carbonyl (C=O) groups is 1. The van der Waals surface area contributed by atoms with Crippen LogP contribution >= 0.6 is 0 Å². The van der Waals surface area contributed by atoms with Crippen molar-refractivity contribution < 1.29 is 18.0 Å². The van der Waals surface area contributed by atoms with E-state index < -0.39 is 24.7 Å². The lowest BCUT2D eigenvalue weighted by Gasteiger charge is -2.31. The second kappa shape index (κ2) is 7.28. The van der Waals surface area contributed by atoms with Crippen molar-refractivity contribution in [1.29, 1.82) is 0 Å². The maximum absolute atomic E-state index is 12.7. The lowest BCUT2D eigenvalue weighted by Crippen LogP contribution is -2.46. The van der Waals surface area contributed by atoms with Gasteiger partial charge in [-0.25, -0.2) is 0 Å². The smallest absolute Gasteiger partial charge is 0.397 e. The maximum Gasteiger partial charge on any atom is 0.406 e. The van der Waals surface area contributed by atoms with E-state index in [0.717, 1.165) is 4.90 Å². The van der Waals surface area contributed by atoms with Crippen LogP contribution in [-0.4, -0.2) is 34.6 Å². The monoisotopic (exact) mass is 303 g/mol. The van der Waals surface area contributed by atoms with Crippen LogP contribution in [0, 0.1) is 0 Å². The molecule has 0 saturated heterocycles. The Morgan fingerprint density at radius 2 is 1.95 bits per heavy atom. The molecule has 1 rings (SSSR count). The van der Waals surface area contributed by atoms with E-state index in [9.17, 15) is 18.0 Å². The topological polar surface area (TPSA) is 59.2 Å². The van der Waals surface area contributed by atoms with E-state index in [4.69, 9.17) is 5.73 Å². The molecular formula is C14H20F3N3O. The van der Waals surface area contributed by atoms with Crippen molar-refractivity contribution in [2.75, 3.05) is 12.3 Å². The summed E-state index contributed by atoms with van der Waals surface area (Å²) in [6, 6.07) is 2.69. The second-order valence-electron chi connectivity index (χ2n) is 4.87. The fourth-order valence-electron chi connectivity index (χ4n) is 2.14. The molecule has 1 amide bonds. The van der Waals surface area contributed by atoms with Crippen LogP contribution in [-0.2, 0) is 11.2 Å². The number of nitrogens with zero attached hydrogens (tertiary/aromatic N) is 2. The predicted molar refractivity (Wildman–Crippen MR) is 74.5 cm³/mol. The molecule has 21 heavy (non-hydrogen) atoms. The van der Waals surface area contributed by atoms with Crippen molar-refractivity contribution in [2.45, 2.75) is 45.3 Å². The molecule has 0 aliphatic carbocycles. The number of pyridine rings is 1. The van der Waals surface area contributed by atoms with Crippen LogP contribution in [0.15, 0.2) is 18.3 Å². The normalized spacial score (nSPS) is 11.7. The summed E-state index contributed by atoms with van der Waals surface area (Å²) in [4.78, 5) is 17.0. The lowest BCUT2D eigenvalue weighted by molar-refractivity contribution is -0.165. The number of amides is 1. The first-order valence-electron chi connectivity index (χ1n) is 6.83. The number of halogens is 3. The largest absolute Gasteiger partial charge is 0.406 e. The average molecular weight is 303 g/mol. The number of rotatable bonds is 6. The number of hydrogen-bond donors (Lipinski definition) is 1. The molecule has 0 aliphatic heterocycles. The Morgan fingerprint density at radius 3 is 2.38 bits per heavy atom. The van der Waals surface area contributed by atoms with Crippen LogP contribution in [0.5, 0.6) is 0 Å². The van der Waals surface area contributed by atoms with Crippen LogP contribution < -0.4 is 5.73 Å². The quantitative estimate of drug-likeness (QED) is 0.879. The zero-order valence-electron chi connectivity index (χ0n) is 12.2. The van der Waals surface area contributed by atoms with E-state index in [1.807, 2.05) is 0 Å². The summed E-state index contributed by atoms with van der Waals surface area (Å²) in [5, 5.41) is 0. The standard InChI is InChI=1S/C14H20F3N3O/c1-3-12(4-2)20(9-14(15,16)17)13(21)7-11-6-5-10(18)8-19-11/h5-6,8,12H,3-4,7,9,18H2,1-2H3. The van der Waals surface area contributed by atoms with Crippen LogP contribution in [0.25, 0.3) is 0 Å². The maximum atomic E-state index is 12.7. The Balaban J connectivity index is 2.86. The first-order valence-corrected chi connectivity index (χ1v) is 6.83. The molecule has 1 heterocycles. The van der Waals surface area contributed by atoms with Gasteiger partial charge in [-0.1, -0.05) is 13.8 Å². The average Bonchev–Trinajstić information content (AvgIpc) is 2.40. The highest BCUT2D eigenvalue weighted by molar-refractivity contribution is 5.78. The molecule has 0 saturated carbocycles. The van der Waals surface area contributed by atoms with Gasteiger partial charge in [0, 0.05) is 11.7 Å². The van der Waals surface area contributed by atoms with E-state index >= 15 is 0 Å². The van der Waals surface area contributed by atoms with E-state index in [1.165, 1.54) is 6.20 Å². The van der Waals surface area contributed by atoms with Crippen molar-refractivity contribution in [3.05, 3.63) is 24.0 Å². The highest BCUT2D eigenvalue weighted by atomic mass is 19.4. The summed E-state index contributed by atoms with van der Waals surface area (Å²) in [5.41, 5.74) is 6.34. The Bertz CT molecular complexity index is 456. The van der Waals surface area contributed by atoms with Crippen molar-refractivity contribution in [1.82, 2.24) is 9.88 Å². The molecule has 0 radical (unpaired) electrons. The zero-order valence-corrected chi connectivity index (χ0v) is 12.2. The lowest BCUT2D eigenvalue weighted by atomic mass is 10.1. The van der Waals surface area contributed by atoms with Crippen LogP contribution in [0.1, 0.15) is 32.4 Å². The van der Waals surface area contributed by atoms with Gasteiger partial charge in [-0.15, -0.1) is 0 Å². The molecule has 0 aromatic carbocycles. The van der Waals surface area contributed by atoms with Gasteiger partial charge in [0.1, 0.15) is 6.54 Å². The first kappa shape index (κ1) is 17.3. The summed E-state index contributed by atoms with van der Waals surface area (Å²) >= 11 is 0. The van der Waals surface area contributed by atoms with Crippen LogP contribution in [0.2, 0.25) is 0 Å². The molecule has 0 fully saturated rings. The second-order valence-corrected chi connectivity index (χ2v) is 4.87. The minimum Gasteiger partial charge on any atom is -0.397 e. The molecule has 0 unspecified atom stereocenters. The fraction of sp³-hybridized carbons (Fsp3) is 0.571. The molecule has 2 N–H and O–H groups in total. The van der Waals surface area contributed by atoms with Crippen molar-refractivity contribution >= 4 is 11.6 Å². The van der Waals surface area contributed by atoms with Gasteiger partial charge in [0.05, 0.1) is 18.3 Å². The van der Waals surface area contributed by atoms with E-state index in [2.05, 4.69) is 4.98 Å². The molecule has 1 aromatic rings. The van der Waals surface area contributed by atoms with Crippen molar-refractivity contribution in [3.8, 4) is 0 Å². The summed E-state index contributed by atoms with van der Waals surface area (Å²) in [6.07, 6.45) is -2.23. The molecule has 1 aromatic heterocycles. The van der Waals surface area contributed by atoms with Gasteiger partial charge >= 0.3 is 6.18 Å². The highest BCUT2D eigenvalue weighted by Gasteiger charge is 2.35. The van der Waals surface area contributed by atoms with Crippen LogP contribution in [0.4, 0.5) is 18.9 Å². The number of carbonyl (C=O) groups excluding carboxylic acids is 1. The van der Waals surface area contributed by atoms with Crippen LogP contribution in [0.3, 0.4) is 0 Å². The van der Waals surface area contributed by atoms with E-state index in [1.54, 1.807) is 26.0 Å². The number of anilines is 1. The van der Waals surface area contributed by atoms with E-state index in [0.29, 0.717) is 24.2 Å². The number of aromatic nitrogens is 1. The van der Waals surface area contributed by atoms with Gasteiger partial charge in [0.2, 0.25) is 5.91 Å². The summed E-state index contributed by atoms with van der Waals surface area (Å²) < 4.78 is 38.0. The molecule has 118 valence electrons. The third-order valence-electron chi connectivity index (χ3n) is 3.23. The molecule has 4 nitrogen and oxygen atoms in total. The van der Waals surface area contributed by atoms with Crippen molar-refractivity contribution in [3.63, 3.8) is 0 Å². The first-order chi connectivity index (χ1) is 9.76. The van der Waals surface area contributed by atoms with Crippen molar-refractivity contribution in [2.24, 2.45) is 0 Å². The molecule has 0 atom stereocenters. The van der Waals surface area contributed by atoms with Gasteiger partial charge in [-0.3, -0.25) is 9.78 Å². The summed E-state index contributed by atoms with van der Waals surface area (Å²) in [5.74, 6) is -0.571. The van der Waals surface area contributed by atoms with Gasteiger partial charge < -0.3 is 10.6 Å². The number of nitrogens with two attached hydrogens (primary N) is 1. The van der Waals surface area contributed by atoms with Gasteiger partial charge in [-0.2, -0.15) is 13.2 Å². The summed E-state index contributed by atoms with van der Waals surface area (Å²) in [7, 11) is 0. The van der Waals surface area contributed by atoms with Gasteiger partial charge in [-0.05, 0) is 25.0 Å². The SMILES string of the molecule is CCC(CC)N(CC(F)(F)F)C(=O)Cc1ccc(N)cn1.